The van der Waals surface area contributed by atoms with Crippen LogP contribution in [0.2, 0.25) is 0 Å². The molecule has 0 N–H and O–H groups in total. The normalized spacial score (nSPS) is 19.7. The molecule has 0 bridgehead atoms. The molecule has 1 saturated heterocycles. The monoisotopic (exact) mass is 247 g/mol. The van der Waals surface area contributed by atoms with E-state index in [9.17, 15) is 9.59 Å². The van der Waals surface area contributed by atoms with E-state index in [-0.39, 0.29) is 11.9 Å². The summed E-state index contributed by atoms with van der Waals surface area (Å²) in [4.78, 5) is 25.3. The van der Waals surface area contributed by atoms with Crippen molar-refractivity contribution < 1.29 is 14.3 Å². The summed E-state index contributed by atoms with van der Waals surface area (Å²) in [5.74, 6) is -0.292. The van der Waals surface area contributed by atoms with E-state index in [1.807, 2.05) is 30.3 Å². The Morgan fingerprint density at radius 2 is 2.11 bits per heavy atom. The molecule has 0 radical (unpaired) electrons. The maximum Gasteiger partial charge on any atom is 0.328 e. The maximum atomic E-state index is 11.9. The zero-order valence-electron chi connectivity index (χ0n) is 10.5. The van der Waals surface area contributed by atoms with E-state index in [1.165, 1.54) is 7.11 Å². The van der Waals surface area contributed by atoms with Gasteiger partial charge in [0.2, 0.25) is 5.91 Å². The number of benzene rings is 1. The molecule has 0 saturated carbocycles. The van der Waals surface area contributed by atoms with Crippen LogP contribution in [0, 0.1) is 0 Å². The van der Waals surface area contributed by atoms with Crippen LogP contribution in [0.1, 0.15) is 24.8 Å². The van der Waals surface area contributed by atoms with Crippen molar-refractivity contribution in [2.45, 2.75) is 31.8 Å². The lowest BCUT2D eigenvalue weighted by Gasteiger charge is -2.33. The fourth-order valence-electron chi connectivity index (χ4n) is 2.28. The first-order chi connectivity index (χ1) is 8.72. The molecule has 1 aromatic rings. The van der Waals surface area contributed by atoms with E-state index in [2.05, 4.69) is 0 Å². The van der Waals surface area contributed by atoms with E-state index >= 15 is 0 Å². The molecule has 18 heavy (non-hydrogen) atoms. The standard InChI is InChI=1S/C14H17NO3/c1-18-14(17)12-8-5-9-13(16)15(12)10-11-6-3-2-4-7-11/h2-4,6-7,12H,5,8-10H2,1H3. The molecule has 1 atom stereocenters. The van der Waals surface area contributed by atoms with Gasteiger partial charge in [-0.25, -0.2) is 4.79 Å². The SMILES string of the molecule is COC(=O)C1CCCC(=O)N1Cc1ccccc1. The van der Waals surface area contributed by atoms with Gasteiger partial charge in [-0.05, 0) is 18.4 Å². The number of piperidine rings is 1. The van der Waals surface area contributed by atoms with Crippen LogP contribution < -0.4 is 0 Å². The Morgan fingerprint density at radius 1 is 1.39 bits per heavy atom. The van der Waals surface area contributed by atoms with Crippen LogP contribution in [-0.2, 0) is 20.9 Å². The number of rotatable bonds is 3. The number of amides is 1. The molecule has 4 heteroatoms. The van der Waals surface area contributed by atoms with Crippen molar-refractivity contribution >= 4 is 11.9 Å². The molecule has 1 unspecified atom stereocenters. The van der Waals surface area contributed by atoms with Gasteiger partial charge in [-0.1, -0.05) is 30.3 Å². The summed E-state index contributed by atoms with van der Waals surface area (Å²) in [6.07, 6.45) is 1.95. The van der Waals surface area contributed by atoms with Crippen molar-refractivity contribution in [3.05, 3.63) is 35.9 Å². The molecule has 1 aliphatic heterocycles. The number of hydrogen-bond donors (Lipinski definition) is 0. The Hall–Kier alpha value is -1.84. The van der Waals surface area contributed by atoms with Crippen LogP contribution in [0.15, 0.2) is 30.3 Å². The summed E-state index contributed by atoms with van der Waals surface area (Å²) in [5, 5.41) is 0. The van der Waals surface area contributed by atoms with Crippen LogP contribution in [0.3, 0.4) is 0 Å². The summed E-state index contributed by atoms with van der Waals surface area (Å²) in [5.41, 5.74) is 1.03. The minimum Gasteiger partial charge on any atom is -0.467 e. The van der Waals surface area contributed by atoms with Crippen molar-refractivity contribution in [2.24, 2.45) is 0 Å². The molecule has 1 heterocycles. The fourth-order valence-corrected chi connectivity index (χ4v) is 2.28. The zero-order chi connectivity index (χ0) is 13.0. The third-order valence-corrected chi connectivity index (χ3v) is 3.23. The number of carbonyl (C=O) groups is 2. The van der Waals surface area contributed by atoms with E-state index in [4.69, 9.17) is 4.74 Å². The van der Waals surface area contributed by atoms with Gasteiger partial charge < -0.3 is 9.64 Å². The zero-order valence-corrected chi connectivity index (χ0v) is 10.5. The van der Waals surface area contributed by atoms with E-state index in [0.717, 1.165) is 12.0 Å². The topological polar surface area (TPSA) is 46.6 Å². The lowest BCUT2D eigenvalue weighted by Crippen LogP contribution is -2.47. The highest BCUT2D eigenvalue weighted by molar-refractivity contribution is 5.85. The number of ether oxygens (including phenoxy) is 1. The first-order valence-electron chi connectivity index (χ1n) is 6.13. The van der Waals surface area contributed by atoms with E-state index in [1.54, 1.807) is 4.90 Å². The number of methoxy groups -OCH3 is 1. The minimum atomic E-state index is -0.434. The number of hydrogen-bond acceptors (Lipinski definition) is 3. The number of nitrogens with zero attached hydrogens (tertiary/aromatic N) is 1. The molecule has 1 aromatic carbocycles. The van der Waals surface area contributed by atoms with Gasteiger partial charge in [0.1, 0.15) is 6.04 Å². The van der Waals surface area contributed by atoms with Crippen molar-refractivity contribution in [2.75, 3.05) is 7.11 Å². The summed E-state index contributed by atoms with van der Waals surface area (Å²) in [6, 6.07) is 9.26. The predicted molar refractivity (Wildman–Crippen MR) is 66.6 cm³/mol. The smallest absolute Gasteiger partial charge is 0.328 e. The second-order valence-electron chi connectivity index (χ2n) is 4.44. The Bertz CT molecular complexity index is 430. The second-order valence-corrected chi connectivity index (χ2v) is 4.44. The van der Waals surface area contributed by atoms with Crippen LogP contribution in [0.4, 0.5) is 0 Å². The third kappa shape index (κ3) is 2.70. The molecule has 0 aliphatic carbocycles. The number of esters is 1. The molecular formula is C14H17NO3. The quantitative estimate of drug-likeness (QED) is 0.764. The third-order valence-electron chi connectivity index (χ3n) is 3.23. The van der Waals surface area contributed by atoms with Gasteiger partial charge in [0.15, 0.2) is 0 Å². The molecule has 1 amide bonds. The van der Waals surface area contributed by atoms with Crippen molar-refractivity contribution in [3.63, 3.8) is 0 Å². The van der Waals surface area contributed by atoms with Crippen LogP contribution >= 0.6 is 0 Å². The highest BCUT2D eigenvalue weighted by atomic mass is 16.5. The van der Waals surface area contributed by atoms with Gasteiger partial charge in [0.25, 0.3) is 0 Å². The summed E-state index contributed by atoms with van der Waals surface area (Å²) in [7, 11) is 1.36. The Balaban J connectivity index is 2.15. The molecule has 96 valence electrons. The van der Waals surface area contributed by atoms with Gasteiger partial charge in [0.05, 0.1) is 7.11 Å². The highest BCUT2D eigenvalue weighted by Crippen LogP contribution is 2.21. The van der Waals surface area contributed by atoms with Crippen molar-refractivity contribution in [1.82, 2.24) is 4.90 Å². The molecule has 0 spiro atoms. The van der Waals surface area contributed by atoms with E-state index < -0.39 is 6.04 Å². The van der Waals surface area contributed by atoms with Gasteiger partial charge in [-0.15, -0.1) is 0 Å². The summed E-state index contributed by atoms with van der Waals surface area (Å²) < 4.78 is 4.77. The van der Waals surface area contributed by atoms with Crippen LogP contribution in [-0.4, -0.2) is 29.9 Å². The van der Waals surface area contributed by atoms with Crippen molar-refractivity contribution in [1.29, 1.82) is 0 Å². The fraction of sp³-hybridized carbons (Fsp3) is 0.429. The average molecular weight is 247 g/mol. The highest BCUT2D eigenvalue weighted by Gasteiger charge is 2.33. The molecule has 1 aliphatic rings. The molecule has 2 rings (SSSR count). The largest absolute Gasteiger partial charge is 0.467 e. The van der Waals surface area contributed by atoms with Gasteiger partial charge in [0, 0.05) is 13.0 Å². The average Bonchev–Trinajstić information content (AvgIpc) is 2.41. The van der Waals surface area contributed by atoms with Gasteiger partial charge in [-0.3, -0.25) is 4.79 Å². The summed E-state index contributed by atoms with van der Waals surface area (Å²) >= 11 is 0. The molecule has 0 aromatic heterocycles. The second kappa shape index (κ2) is 5.67. The Labute approximate surface area is 107 Å². The first kappa shape index (κ1) is 12.6. The summed E-state index contributed by atoms with van der Waals surface area (Å²) in [6.45, 7) is 0.472. The Kier molecular flexibility index (Phi) is 3.97. The molecular weight excluding hydrogens is 230 g/mol. The first-order valence-corrected chi connectivity index (χ1v) is 6.13. The van der Waals surface area contributed by atoms with Crippen LogP contribution in [0.25, 0.3) is 0 Å². The molecule has 1 fully saturated rings. The van der Waals surface area contributed by atoms with Crippen LogP contribution in [0.5, 0.6) is 0 Å². The van der Waals surface area contributed by atoms with E-state index in [0.29, 0.717) is 19.4 Å². The Morgan fingerprint density at radius 3 is 2.78 bits per heavy atom. The van der Waals surface area contributed by atoms with Gasteiger partial charge in [-0.2, -0.15) is 0 Å². The maximum absolute atomic E-state index is 11.9. The van der Waals surface area contributed by atoms with Gasteiger partial charge >= 0.3 is 5.97 Å². The van der Waals surface area contributed by atoms with Crippen molar-refractivity contribution in [3.8, 4) is 0 Å². The predicted octanol–water partition coefficient (Wildman–Crippen LogP) is 1.74. The number of likely N-dealkylation sites (tertiary alicyclic amines) is 1. The lowest BCUT2D eigenvalue weighted by molar-refractivity contribution is -0.156. The molecule has 4 nitrogen and oxygen atoms in total. The number of carbonyl (C=O) groups excluding carboxylic acids is 2. The lowest BCUT2D eigenvalue weighted by atomic mass is 10.0. The minimum absolute atomic E-state index is 0.0282.